The molecule has 2 aromatic rings. The van der Waals surface area contributed by atoms with E-state index < -0.39 is 10.0 Å². The van der Waals surface area contributed by atoms with E-state index in [-0.39, 0.29) is 10.6 Å². The molecule has 0 saturated heterocycles. The highest BCUT2D eigenvalue weighted by Gasteiger charge is 2.25. The Morgan fingerprint density at radius 2 is 1.27 bits per heavy atom. The highest BCUT2D eigenvalue weighted by atomic mass is 35.5. The Morgan fingerprint density at radius 3 is 1.73 bits per heavy atom. The van der Waals surface area contributed by atoms with E-state index in [0.717, 1.165) is 27.8 Å². The molecule has 0 fully saturated rings. The van der Waals surface area contributed by atoms with Gasteiger partial charge in [0.1, 0.15) is 11.5 Å². The third kappa shape index (κ3) is 3.48. The number of rotatable bonds is 5. The average molecular weight is 398 g/mol. The molecule has 0 spiro atoms. The van der Waals surface area contributed by atoms with E-state index in [9.17, 15) is 8.42 Å². The maximum absolute atomic E-state index is 13.2. The predicted octanol–water partition coefficient (Wildman–Crippen LogP) is 4.70. The molecule has 0 aliphatic carbocycles. The lowest BCUT2D eigenvalue weighted by Gasteiger charge is -2.20. The van der Waals surface area contributed by atoms with Crippen LogP contribution in [0.1, 0.15) is 27.8 Å². The molecule has 2 aromatic carbocycles. The molecule has 0 aliphatic heterocycles. The van der Waals surface area contributed by atoms with Crippen LogP contribution in [0, 0.1) is 34.6 Å². The number of anilines is 1. The Kier molecular flexibility index (Phi) is 5.78. The van der Waals surface area contributed by atoms with Crippen LogP contribution in [0.2, 0.25) is 5.02 Å². The number of hydrogen-bond acceptors (Lipinski definition) is 4. The number of benzene rings is 2. The molecule has 142 valence electrons. The SMILES string of the molecule is COc1cc(NS(=O)(=O)c2c(C)c(C)c(C)c(C)c2C)c(OC)cc1Cl. The fraction of sp³-hybridized carbons (Fsp3) is 0.368. The van der Waals surface area contributed by atoms with Gasteiger partial charge in [0, 0.05) is 12.1 Å². The first-order chi connectivity index (χ1) is 12.0. The topological polar surface area (TPSA) is 64.6 Å². The molecule has 0 radical (unpaired) electrons. The summed E-state index contributed by atoms with van der Waals surface area (Å²) < 4.78 is 39.4. The van der Waals surface area contributed by atoms with Gasteiger partial charge in [-0.25, -0.2) is 8.42 Å². The van der Waals surface area contributed by atoms with Crippen molar-refractivity contribution < 1.29 is 17.9 Å². The summed E-state index contributed by atoms with van der Waals surface area (Å²) in [6.07, 6.45) is 0. The van der Waals surface area contributed by atoms with E-state index in [1.165, 1.54) is 26.4 Å². The van der Waals surface area contributed by atoms with E-state index >= 15 is 0 Å². The summed E-state index contributed by atoms with van der Waals surface area (Å²) in [7, 11) is -0.919. The largest absolute Gasteiger partial charge is 0.495 e. The second-order valence-electron chi connectivity index (χ2n) is 6.25. The van der Waals surface area contributed by atoms with Crippen LogP contribution in [0.5, 0.6) is 11.5 Å². The van der Waals surface area contributed by atoms with Crippen LogP contribution in [-0.4, -0.2) is 22.6 Å². The van der Waals surface area contributed by atoms with Crippen LogP contribution in [0.15, 0.2) is 17.0 Å². The molecule has 1 N–H and O–H groups in total. The van der Waals surface area contributed by atoms with Crippen molar-refractivity contribution in [1.29, 1.82) is 0 Å². The third-order valence-corrected chi connectivity index (χ3v) is 6.85. The molecule has 7 heteroatoms. The Hall–Kier alpha value is -1.92. The molecule has 5 nitrogen and oxygen atoms in total. The van der Waals surface area contributed by atoms with Gasteiger partial charge in [-0.15, -0.1) is 0 Å². The molecule has 0 amide bonds. The lowest BCUT2D eigenvalue weighted by molar-refractivity contribution is 0.405. The van der Waals surface area contributed by atoms with Crippen LogP contribution in [0.3, 0.4) is 0 Å². The molecular weight excluding hydrogens is 374 g/mol. The molecule has 0 bridgehead atoms. The van der Waals surface area contributed by atoms with Crippen LogP contribution < -0.4 is 14.2 Å². The lowest BCUT2D eigenvalue weighted by atomic mass is 9.95. The maximum atomic E-state index is 13.2. The minimum atomic E-state index is -3.84. The van der Waals surface area contributed by atoms with Crippen molar-refractivity contribution in [2.24, 2.45) is 0 Å². The van der Waals surface area contributed by atoms with E-state index in [1.807, 2.05) is 34.6 Å². The summed E-state index contributed by atoms with van der Waals surface area (Å²) in [5.74, 6) is 0.671. The van der Waals surface area contributed by atoms with E-state index in [0.29, 0.717) is 16.5 Å². The van der Waals surface area contributed by atoms with Crippen LogP contribution in [-0.2, 0) is 10.0 Å². The first-order valence-corrected chi connectivity index (χ1v) is 9.92. The van der Waals surface area contributed by atoms with Gasteiger partial charge in [-0.05, 0) is 62.4 Å². The number of halogens is 1. The molecule has 0 heterocycles. The minimum Gasteiger partial charge on any atom is -0.495 e. The maximum Gasteiger partial charge on any atom is 0.262 e. The molecular formula is C19H24ClNO4S. The monoisotopic (exact) mass is 397 g/mol. The first-order valence-electron chi connectivity index (χ1n) is 8.06. The number of methoxy groups -OCH3 is 2. The third-order valence-electron chi connectivity index (χ3n) is 4.92. The average Bonchev–Trinajstić information content (AvgIpc) is 2.59. The minimum absolute atomic E-state index is 0.267. The molecule has 0 atom stereocenters. The van der Waals surface area contributed by atoms with Crippen molar-refractivity contribution >= 4 is 27.3 Å². The van der Waals surface area contributed by atoms with Crippen LogP contribution in [0.25, 0.3) is 0 Å². The van der Waals surface area contributed by atoms with Gasteiger partial charge in [-0.1, -0.05) is 11.6 Å². The van der Waals surface area contributed by atoms with Gasteiger partial charge >= 0.3 is 0 Å². The second kappa shape index (κ2) is 7.37. The van der Waals surface area contributed by atoms with Crippen LogP contribution >= 0.6 is 11.6 Å². The normalized spacial score (nSPS) is 11.4. The van der Waals surface area contributed by atoms with Crippen molar-refractivity contribution in [2.75, 3.05) is 18.9 Å². The molecule has 0 aliphatic rings. The fourth-order valence-electron chi connectivity index (χ4n) is 3.00. The van der Waals surface area contributed by atoms with Crippen molar-refractivity contribution in [1.82, 2.24) is 0 Å². The van der Waals surface area contributed by atoms with Crippen molar-refractivity contribution in [3.63, 3.8) is 0 Å². The summed E-state index contributed by atoms with van der Waals surface area (Å²) in [5.41, 5.74) is 4.77. The summed E-state index contributed by atoms with van der Waals surface area (Å²) >= 11 is 6.10. The highest BCUT2D eigenvalue weighted by Crippen LogP contribution is 2.38. The number of nitrogens with one attached hydrogen (secondary N) is 1. The number of hydrogen-bond donors (Lipinski definition) is 1. The van der Waals surface area contributed by atoms with Crippen molar-refractivity contribution in [3.05, 3.63) is 45.0 Å². The smallest absolute Gasteiger partial charge is 0.262 e. The van der Waals surface area contributed by atoms with Gasteiger partial charge in [0.15, 0.2) is 0 Å². The quantitative estimate of drug-likeness (QED) is 0.794. The summed E-state index contributed by atoms with van der Waals surface area (Å²) in [6.45, 7) is 9.51. The summed E-state index contributed by atoms with van der Waals surface area (Å²) in [4.78, 5) is 0.286. The fourth-order valence-corrected chi connectivity index (χ4v) is 4.90. The van der Waals surface area contributed by atoms with E-state index in [1.54, 1.807) is 0 Å². The molecule has 0 unspecified atom stereocenters. The molecule has 2 rings (SSSR count). The van der Waals surface area contributed by atoms with E-state index in [2.05, 4.69) is 4.72 Å². The zero-order valence-corrected chi connectivity index (χ0v) is 17.6. The Bertz CT molecular complexity index is 939. The second-order valence-corrected chi connectivity index (χ2v) is 8.27. The Labute approximate surface area is 160 Å². The van der Waals surface area contributed by atoms with Crippen LogP contribution in [0.4, 0.5) is 5.69 Å². The van der Waals surface area contributed by atoms with Gasteiger partial charge in [0.05, 0.1) is 29.8 Å². The van der Waals surface area contributed by atoms with E-state index in [4.69, 9.17) is 21.1 Å². The highest BCUT2D eigenvalue weighted by molar-refractivity contribution is 7.92. The van der Waals surface area contributed by atoms with Gasteiger partial charge in [0.2, 0.25) is 0 Å². The first kappa shape index (κ1) is 20.4. The predicted molar refractivity (Wildman–Crippen MR) is 105 cm³/mol. The lowest BCUT2D eigenvalue weighted by Crippen LogP contribution is -2.18. The van der Waals surface area contributed by atoms with Gasteiger partial charge < -0.3 is 9.47 Å². The van der Waals surface area contributed by atoms with Crippen molar-refractivity contribution in [2.45, 2.75) is 39.5 Å². The number of sulfonamides is 1. The molecule has 0 saturated carbocycles. The van der Waals surface area contributed by atoms with Gasteiger partial charge in [-0.3, -0.25) is 4.72 Å². The zero-order chi connectivity index (χ0) is 19.8. The molecule has 26 heavy (non-hydrogen) atoms. The summed E-state index contributed by atoms with van der Waals surface area (Å²) in [6, 6.07) is 3.03. The summed E-state index contributed by atoms with van der Waals surface area (Å²) in [5, 5.41) is 0.335. The Balaban J connectivity index is 2.65. The van der Waals surface area contributed by atoms with Gasteiger partial charge in [-0.2, -0.15) is 0 Å². The Morgan fingerprint density at radius 1 is 0.808 bits per heavy atom. The standard InChI is InChI=1S/C19H24ClNO4S/c1-10-11(2)13(4)19(14(5)12(10)3)26(22,23)21-16-9-17(24-6)15(20)8-18(16)25-7/h8-9,21H,1-7H3. The molecule has 0 aromatic heterocycles. The van der Waals surface area contributed by atoms with Crippen molar-refractivity contribution in [3.8, 4) is 11.5 Å². The van der Waals surface area contributed by atoms with Gasteiger partial charge in [0.25, 0.3) is 10.0 Å². The number of ether oxygens (including phenoxy) is 2. The zero-order valence-electron chi connectivity index (χ0n) is 16.1.